The van der Waals surface area contributed by atoms with Crippen molar-refractivity contribution >= 4 is 5.97 Å². The fourth-order valence-electron chi connectivity index (χ4n) is 2.33. The van der Waals surface area contributed by atoms with Gasteiger partial charge in [-0.3, -0.25) is 9.69 Å². The normalized spacial score (nSPS) is 24.9. The van der Waals surface area contributed by atoms with Crippen LogP contribution in [0.2, 0.25) is 0 Å². The van der Waals surface area contributed by atoms with E-state index in [1.165, 1.54) is 0 Å². The molecule has 1 aliphatic rings. The summed E-state index contributed by atoms with van der Waals surface area (Å²) in [7, 11) is 0. The van der Waals surface area contributed by atoms with Crippen molar-refractivity contribution in [2.24, 2.45) is 0 Å². The summed E-state index contributed by atoms with van der Waals surface area (Å²) >= 11 is 0. The zero-order chi connectivity index (χ0) is 13.0. The van der Waals surface area contributed by atoms with Crippen LogP contribution in [-0.2, 0) is 9.53 Å². The number of carbonyl (C=O) groups is 1. The molecule has 2 atom stereocenters. The lowest BCUT2D eigenvalue weighted by molar-refractivity contribution is -0.138. The van der Waals surface area contributed by atoms with Crippen LogP contribution in [0.1, 0.15) is 25.0 Å². The summed E-state index contributed by atoms with van der Waals surface area (Å²) in [6.45, 7) is 4.19. The van der Waals surface area contributed by atoms with Crippen LogP contribution in [0.4, 0.5) is 0 Å². The van der Waals surface area contributed by atoms with Crippen molar-refractivity contribution in [3.05, 3.63) is 35.9 Å². The molecule has 1 aromatic carbocycles. The number of rotatable bonds is 4. The third-order valence-electron chi connectivity index (χ3n) is 3.15. The van der Waals surface area contributed by atoms with Crippen molar-refractivity contribution in [3.8, 4) is 0 Å². The lowest BCUT2D eigenvalue weighted by atomic mass is 10.1. The number of morpholine rings is 1. The minimum absolute atomic E-state index is 0.0451. The minimum Gasteiger partial charge on any atom is -0.481 e. The molecule has 0 aromatic heterocycles. The van der Waals surface area contributed by atoms with Gasteiger partial charge in [-0.15, -0.1) is 0 Å². The Morgan fingerprint density at radius 1 is 1.39 bits per heavy atom. The molecule has 0 saturated carbocycles. The van der Waals surface area contributed by atoms with Crippen LogP contribution in [0, 0.1) is 0 Å². The van der Waals surface area contributed by atoms with Crippen LogP contribution < -0.4 is 0 Å². The van der Waals surface area contributed by atoms with Gasteiger partial charge in [0.25, 0.3) is 0 Å². The van der Waals surface area contributed by atoms with E-state index >= 15 is 0 Å². The van der Waals surface area contributed by atoms with E-state index in [1.807, 2.05) is 25.1 Å². The fraction of sp³-hybridized carbons (Fsp3) is 0.500. The average Bonchev–Trinajstić information content (AvgIpc) is 2.37. The van der Waals surface area contributed by atoms with Gasteiger partial charge in [-0.25, -0.2) is 0 Å². The van der Waals surface area contributed by atoms with Gasteiger partial charge in [0.05, 0.1) is 18.6 Å². The molecule has 0 radical (unpaired) electrons. The molecule has 0 bridgehead atoms. The number of ether oxygens (including phenoxy) is 1. The Kier molecular flexibility index (Phi) is 4.33. The van der Waals surface area contributed by atoms with Gasteiger partial charge in [0.15, 0.2) is 0 Å². The Morgan fingerprint density at radius 2 is 2.11 bits per heavy atom. The molecule has 4 nitrogen and oxygen atoms in total. The maximum Gasteiger partial charge on any atom is 0.304 e. The number of carboxylic acid groups (broad SMARTS) is 1. The molecule has 1 fully saturated rings. The monoisotopic (exact) mass is 249 g/mol. The first kappa shape index (κ1) is 13.1. The summed E-state index contributed by atoms with van der Waals surface area (Å²) in [4.78, 5) is 12.8. The molecule has 1 heterocycles. The molecule has 0 spiro atoms. The second kappa shape index (κ2) is 5.98. The summed E-state index contributed by atoms with van der Waals surface area (Å²) in [5.74, 6) is -0.745. The molecule has 2 rings (SSSR count). The van der Waals surface area contributed by atoms with Crippen molar-refractivity contribution in [2.45, 2.75) is 25.6 Å². The van der Waals surface area contributed by atoms with Crippen LogP contribution >= 0.6 is 0 Å². The van der Waals surface area contributed by atoms with E-state index < -0.39 is 5.97 Å². The summed E-state index contributed by atoms with van der Waals surface area (Å²) in [5.41, 5.74) is 1.16. The first-order valence-corrected chi connectivity index (χ1v) is 6.29. The SMILES string of the molecule is CC1CN(CCC(=O)O)CC(c2ccccc2)O1. The Bertz CT molecular complexity index is 393. The zero-order valence-corrected chi connectivity index (χ0v) is 10.6. The standard InChI is InChI=1S/C14H19NO3/c1-11-9-15(8-7-14(16)17)10-13(18-11)12-5-3-2-4-6-12/h2-6,11,13H,7-10H2,1H3,(H,16,17). The maximum absolute atomic E-state index is 10.6. The molecule has 0 amide bonds. The summed E-state index contributed by atoms with van der Waals surface area (Å²) in [6.07, 6.45) is 0.371. The lowest BCUT2D eigenvalue weighted by Crippen LogP contribution is -2.43. The lowest BCUT2D eigenvalue weighted by Gasteiger charge is -2.36. The fourth-order valence-corrected chi connectivity index (χ4v) is 2.33. The van der Waals surface area contributed by atoms with Gasteiger partial charge in [0.2, 0.25) is 0 Å². The topological polar surface area (TPSA) is 49.8 Å². The summed E-state index contributed by atoms with van der Waals surface area (Å²) in [5, 5.41) is 8.74. The molecular formula is C14H19NO3. The predicted molar refractivity (Wildman–Crippen MR) is 68.4 cm³/mol. The van der Waals surface area contributed by atoms with Crippen LogP contribution in [0.15, 0.2) is 30.3 Å². The number of carboxylic acids is 1. The van der Waals surface area contributed by atoms with E-state index in [2.05, 4.69) is 17.0 Å². The highest BCUT2D eigenvalue weighted by atomic mass is 16.5. The smallest absolute Gasteiger partial charge is 0.304 e. The Balaban J connectivity index is 1.98. The van der Waals surface area contributed by atoms with Crippen LogP contribution in [0.3, 0.4) is 0 Å². The van der Waals surface area contributed by atoms with E-state index in [1.54, 1.807) is 0 Å². The van der Waals surface area contributed by atoms with E-state index in [4.69, 9.17) is 9.84 Å². The van der Waals surface area contributed by atoms with Crippen molar-refractivity contribution < 1.29 is 14.6 Å². The van der Waals surface area contributed by atoms with Crippen LogP contribution in [-0.4, -0.2) is 41.7 Å². The molecule has 1 aromatic rings. The van der Waals surface area contributed by atoms with E-state index in [0.717, 1.165) is 18.7 Å². The molecule has 1 N–H and O–H groups in total. The quantitative estimate of drug-likeness (QED) is 0.885. The molecule has 98 valence electrons. The second-order valence-corrected chi connectivity index (χ2v) is 4.75. The zero-order valence-electron chi connectivity index (χ0n) is 10.6. The molecule has 1 aliphatic heterocycles. The van der Waals surface area contributed by atoms with Gasteiger partial charge >= 0.3 is 5.97 Å². The van der Waals surface area contributed by atoms with Crippen molar-refractivity contribution in [2.75, 3.05) is 19.6 Å². The van der Waals surface area contributed by atoms with Gasteiger partial charge in [-0.2, -0.15) is 0 Å². The summed E-state index contributed by atoms with van der Waals surface area (Å²) < 4.78 is 5.92. The van der Waals surface area contributed by atoms with Crippen LogP contribution in [0.5, 0.6) is 0 Å². The molecule has 2 unspecified atom stereocenters. The first-order chi connectivity index (χ1) is 8.65. The highest BCUT2D eigenvalue weighted by molar-refractivity contribution is 5.66. The highest BCUT2D eigenvalue weighted by Crippen LogP contribution is 2.24. The second-order valence-electron chi connectivity index (χ2n) is 4.75. The van der Waals surface area contributed by atoms with Crippen LogP contribution in [0.25, 0.3) is 0 Å². The van der Waals surface area contributed by atoms with Gasteiger partial charge in [0.1, 0.15) is 0 Å². The minimum atomic E-state index is -0.745. The van der Waals surface area contributed by atoms with Gasteiger partial charge in [-0.1, -0.05) is 30.3 Å². The van der Waals surface area contributed by atoms with Crippen molar-refractivity contribution in [1.82, 2.24) is 4.90 Å². The van der Waals surface area contributed by atoms with Crippen molar-refractivity contribution in [1.29, 1.82) is 0 Å². The van der Waals surface area contributed by atoms with Gasteiger partial charge in [-0.05, 0) is 12.5 Å². The largest absolute Gasteiger partial charge is 0.481 e. The highest BCUT2D eigenvalue weighted by Gasteiger charge is 2.26. The van der Waals surface area contributed by atoms with E-state index in [9.17, 15) is 4.79 Å². The third kappa shape index (κ3) is 3.55. The predicted octanol–water partition coefficient (Wildman–Crippen LogP) is 1.92. The number of nitrogens with zero attached hydrogens (tertiary/aromatic N) is 1. The summed E-state index contributed by atoms with van der Waals surface area (Å²) in [6, 6.07) is 10.1. The Morgan fingerprint density at radius 3 is 2.78 bits per heavy atom. The van der Waals surface area contributed by atoms with Gasteiger partial charge < -0.3 is 9.84 Å². The number of benzene rings is 1. The third-order valence-corrected chi connectivity index (χ3v) is 3.15. The Hall–Kier alpha value is -1.39. The Labute approximate surface area is 107 Å². The number of aliphatic carboxylic acids is 1. The van der Waals surface area contributed by atoms with Crippen molar-refractivity contribution in [3.63, 3.8) is 0 Å². The number of hydrogen-bond acceptors (Lipinski definition) is 3. The van der Waals surface area contributed by atoms with Gasteiger partial charge in [0, 0.05) is 19.6 Å². The van der Waals surface area contributed by atoms with E-state index in [-0.39, 0.29) is 18.6 Å². The molecular weight excluding hydrogens is 230 g/mol. The van der Waals surface area contributed by atoms with E-state index in [0.29, 0.717) is 6.54 Å². The molecule has 4 heteroatoms. The molecule has 1 saturated heterocycles. The first-order valence-electron chi connectivity index (χ1n) is 6.29. The molecule has 18 heavy (non-hydrogen) atoms. The maximum atomic E-state index is 10.6. The molecule has 0 aliphatic carbocycles. The average molecular weight is 249 g/mol. The number of hydrogen-bond donors (Lipinski definition) is 1.